The van der Waals surface area contributed by atoms with Crippen LogP contribution >= 0.6 is 11.6 Å². The fourth-order valence-corrected chi connectivity index (χ4v) is 4.46. The van der Waals surface area contributed by atoms with E-state index < -0.39 is 40.6 Å². The molecule has 1 aliphatic carbocycles. The van der Waals surface area contributed by atoms with E-state index in [0.717, 1.165) is 31.2 Å². The first kappa shape index (κ1) is 26.8. The summed E-state index contributed by atoms with van der Waals surface area (Å²) in [7, 11) is 0. The number of alkyl halides is 3. The molecule has 2 fully saturated rings. The van der Waals surface area contributed by atoms with Crippen molar-refractivity contribution in [3.63, 3.8) is 0 Å². The topological polar surface area (TPSA) is 88.6 Å². The van der Waals surface area contributed by atoms with Crippen LogP contribution in [0.1, 0.15) is 60.5 Å². The Labute approximate surface area is 215 Å². The Morgan fingerprint density at radius 1 is 1.22 bits per heavy atom. The van der Waals surface area contributed by atoms with Crippen molar-refractivity contribution in [1.82, 2.24) is 10.3 Å². The van der Waals surface area contributed by atoms with Crippen LogP contribution < -0.4 is 15.0 Å². The second-order valence-corrected chi connectivity index (χ2v) is 10.1. The Bertz CT molecular complexity index is 1260. The van der Waals surface area contributed by atoms with E-state index in [1.54, 1.807) is 4.90 Å². The fraction of sp³-hybridized carbons (Fsp3) is 0.440. The number of imide groups is 1. The van der Waals surface area contributed by atoms with Crippen LogP contribution in [-0.4, -0.2) is 42.3 Å². The van der Waals surface area contributed by atoms with Gasteiger partial charge in [0.05, 0.1) is 22.8 Å². The van der Waals surface area contributed by atoms with Crippen molar-refractivity contribution in [2.75, 3.05) is 24.6 Å². The van der Waals surface area contributed by atoms with Gasteiger partial charge in [0, 0.05) is 37.2 Å². The molecular weight excluding hydrogens is 518 g/mol. The van der Waals surface area contributed by atoms with Crippen LogP contribution in [0, 0.1) is 11.2 Å². The maximum atomic E-state index is 14.8. The predicted molar refractivity (Wildman–Crippen MR) is 126 cm³/mol. The number of anilines is 1. The normalized spacial score (nSPS) is 16.7. The maximum Gasteiger partial charge on any atom is 0.417 e. The number of aromatic nitrogens is 1. The lowest BCUT2D eigenvalue weighted by Crippen LogP contribution is -2.58. The largest absolute Gasteiger partial charge is 0.492 e. The minimum atomic E-state index is -4.54. The number of ether oxygens (including phenoxy) is 1. The monoisotopic (exact) mass is 541 g/mol. The van der Waals surface area contributed by atoms with E-state index in [-0.39, 0.29) is 41.1 Å². The summed E-state index contributed by atoms with van der Waals surface area (Å²) in [5.74, 6) is -3.18. The van der Waals surface area contributed by atoms with Gasteiger partial charge < -0.3 is 9.64 Å². The van der Waals surface area contributed by atoms with Gasteiger partial charge in [-0.15, -0.1) is 0 Å². The molecule has 0 atom stereocenters. The van der Waals surface area contributed by atoms with Gasteiger partial charge in [0.2, 0.25) is 5.78 Å². The molecule has 1 aliphatic heterocycles. The first-order chi connectivity index (χ1) is 17.3. The summed E-state index contributed by atoms with van der Waals surface area (Å²) in [6.07, 6.45) is -2.22. The van der Waals surface area contributed by atoms with Crippen LogP contribution in [-0.2, 0) is 15.8 Å². The SMILES string of the molecule is CCC(=O)C(=O)NC(=O)c1cc(C2CC2)c(OCC2(C)CN(c3ncc(C(F)(F)F)cc3Cl)C2)cc1F. The molecule has 4 rings (SSSR count). The summed E-state index contributed by atoms with van der Waals surface area (Å²) in [5.41, 5.74) is -1.06. The number of benzene rings is 1. The van der Waals surface area contributed by atoms with Gasteiger partial charge in [0.15, 0.2) is 0 Å². The first-order valence-corrected chi connectivity index (χ1v) is 12.0. The summed E-state index contributed by atoms with van der Waals surface area (Å²) in [4.78, 5) is 41.2. The van der Waals surface area contributed by atoms with Gasteiger partial charge in [-0.05, 0) is 36.5 Å². The van der Waals surface area contributed by atoms with Crippen molar-refractivity contribution in [3.05, 3.63) is 51.9 Å². The van der Waals surface area contributed by atoms with Crippen molar-refractivity contribution in [1.29, 1.82) is 0 Å². The molecule has 1 aromatic heterocycles. The van der Waals surface area contributed by atoms with Gasteiger partial charge in [-0.1, -0.05) is 25.4 Å². The highest BCUT2D eigenvalue weighted by Crippen LogP contribution is 2.46. The minimum Gasteiger partial charge on any atom is -0.492 e. The van der Waals surface area contributed by atoms with E-state index >= 15 is 0 Å². The highest BCUT2D eigenvalue weighted by Gasteiger charge is 2.42. The summed E-state index contributed by atoms with van der Waals surface area (Å²) in [6.45, 7) is 4.37. The van der Waals surface area contributed by atoms with Gasteiger partial charge in [0.1, 0.15) is 17.4 Å². The molecule has 1 saturated carbocycles. The Kier molecular flexibility index (Phi) is 7.20. The van der Waals surface area contributed by atoms with Crippen LogP contribution in [0.15, 0.2) is 24.4 Å². The minimum absolute atomic E-state index is 0.0796. The molecule has 1 N–H and O–H groups in total. The first-order valence-electron chi connectivity index (χ1n) is 11.6. The predicted octanol–water partition coefficient (Wildman–Crippen LogP) is 4.91. The van der Waals surface area contributed by atoms with E-state index in [2.05, 4.69) is 4.98 Å². The summed E-state index contributed by atoms with van der Waals surface area (Å²) in [6, 6.07) is 3.29. The number of carbonyl (C=O) groups is 3. The van der Waals surface area contributed by atoms with Crippen LogP contribution in [0.5, 0.6) is 5.75 Å². The number of hydrogen-bond acceptors (Lipinski definition) is 6. The fourth-order valence-electron chi connectivity index (χ4n) is 4.17. The van der Waals surface area contributed by atoms with E-state index in [1.165, 1.54) is 13.0 Å². The molecule has 0 radical (unpaired) electrons. The molecule has 37 heavy (non-hydrogen) atoms. The second kappa shape index (κ2) is 9.92. The lowest BCUT2D eigenvalue weighted by atomic mass is 9.83. The quantitative estimate of drug-likeness (QED) is 0.377. The molecule has 2 aliphatic rings. The third-order valence-electron chi connectivity index (χ3n) is 6.33. The number of amides is 2. The number of carbonyl (C=O) groups excluding carboxylic acids is 3. The average Bonchev–Trinajstić information content (AvgIpc) is 3.65. The summed E-state index contributed by atoms with van der Waals surface area (Å²) >= 11 is 6.04. The van der Waals surface area contributed by atoms with Gasteiger partial charge in [-0.3, -0.25) is 19.7 Å². The summed E-state index contributed by atoms with van der Waals surface area (Å²) < 4.78 is 59.4. The molecule has 0 bridgehead atoms. The molecule has 0 spiro atoms. The summed E-state index contributed by atoms with van der Waals surface area (Å²) in [5, 5.41) is 1.80. The average molecular weight is 542 g/mol. The van der Waals surface area contributed by atoms with E-state index in [4.69, 9.17) is 16.3 Å². The van der Waals surface area contributed by atoms with Crippen molar-refractivity contribution in [3.8, 4) is 5.75 Å². The van der Waals surface area contributed by atoms with Crippen LogP contribution in [0.2, 0.25) is 5.02 Å². The zero-order valence-corrected chi connectivity index (χ0v) is 20.8. The third kappa shape index (κ3) is 5.87. The zero-order valence-electron chi connectivity index (χ0n) is 20.0. The van der Waals surface area contributed by atoms with Gasteiger partial charge in [-0.2, -0.15) is 13.2 Å². The lowest BCUT2D eigenvalue weighted by Gasteiger charge is -2.48. The number of pyridine rings is 1. The highest BCUT2D eigenvalue weighted by molar-refractivity contribution is 6.39. The Morgan fingerprint density at radius 2 is 1.89 bits per heavy atom. The van der Waals surface area contributed by atoms with Gasteiger partial charge in [-0.25, -0.2) is 9.37 Å². The number of nitrogens with one attached hydrogen (secondary N) is 1. The highest BCUT2D eigenvalue weighted by atomic mass is 35.5. The zero-order chi connectivity index (χ0) is 27.1. The molecule has 2 amide bonds. The number of ketones is 1. The number of nitrogens with zero attached hydrogens (tertiary/aromatic N) is 2. The molecule has 2 heterocycles. The maximum absolute atomic E-state index is 14.8. The Hall–Kier alpha value is -3.21. The van der Waals surface area contributed by atoms with Crippen molar-refractivity contribution in [2.24, 2.45) is 5.41 Å². The standard InChI is InChI=1S/C25H24ClF4N3O4/c1-3-19(34)23(36)32-22(35)16-7-15(13-4-5-13)20(8-18(16)27)37-12-24(2)10-33(11-24)21-17(26)6-14(9-31-21)25(28,29)30/h6-9,13H,3-5,10-12H2,1-2H3,(H,32,35,36). The Balaban J connectivity index is 1.43. The van der Waals surface area contributed by atoms with Gasteiger partial charge >= 0.3 is 6.18 Å². The molecule has 12 heteroatoms. The van der Waals surface area contributed by atoms with Crippen LogP contribution in [0.4, 0.5) is 23.4 Å². The second-order valence-electron chi connectivity index (χ2n) is 9.69. The molecule has 1 saturated heterocycles. The lowest BCUT2D eigenvalue weighted by molar-refractivity contribution is -0.137. The van der Waals surface area contributed by atoms with Crippen LogP contribution in [0.25, 0.3) is 0 Å². The number of rotatable bonds is 8. The third-order valence-corrected chi connectivity index (χ3v) is 6.61. The van der Waals surface area contributed by atoms with E-state index in [9.17, 15) is 31.9 Å². The Morgan fingerprint density at radius 3 is 2.46 bits per heavy atom. The molecular formula is C25H24ClF4N3O4. The van der Waals surface area contributed by atoms with E-state index in [0.29, 0.717) is 18.7 Å². The van der Waals surface area contributed by atoms with Crippen molar-refractivity contribution < 1.29 is 36.7 Å². The van der Waals surface area contributed by atoms with Gasteiger partial charge in [0.25, 0.3) is 11.8 Å². The molecule has 198 valence electrons. The van der Waals surface area contributed by atoms with Crippen LogP contribution in [0.3, 0.4) is 0 Å². The van der Waals surface area contributed by atoms with Crippen molar-refractivity contribution in [2.45, 2.75) is 45.2 Å². The molecule has 7 nitrogen and oxygen atoms in total. The molecule has 2 aromatic rings. The van der Waals surface area contributed by atoms with Crippen molar-refractivity contribution >= 4 is 35.0 Å². The number of hydrogen-bond donors (Lipinski definition) is 1. The van der Waals surface area contributed by atoms with E-state index in [1.807, 2.05) is 12.2 Å². The smallest absolute Gasteiger partial charge is 0.417 e. The number of halogens is 5. The molecule has 1 aromatic carbocycles. The number of Topliss-reactive ketones (excluding diaryl/α,β-unsaturated/α-hetero) is 1. The molecule has 0 unspecified atom stereocenters.